The highest BCUT2D eigenvalue weighted by molar-refractivity contribution is 7.25. The summed E-state index contributed by atoms with van der Waals surface area (Å²) in [6, 6.07) is 33.5. The van der Waals surface area contributed by atoms with E-state index in [1.165, 1.54) is 90.8 Å². The molecule has 4 aliphatic rings. The number of thiophene rings is 1. The topological polar surface area (TPSA) is 62.5 Å². The van der Waals surface area contributed by atoms with Crippen LogP contribution in [0.4, 0.5) is 0 Å². The van der Waals surface area contributed by atoms with Crippen molar-refractivity contribution in [3.63, 3.8) is 0 Å². The predicted octanol–water partition coefficient (Wildman–Crippen LogP) is 13.3. The Morgan fingerprint density at radius 3 is 1.36 bits per heavy atom. The van der Waals surface area contributed by atoms with Crippen molar-refractivity contribution in [3.8, 4) is 40.2 Å². The molecule has 2 aromatic heterocycles. The highest BCUT2D eigenvalue weighted by atomic mass is 32.1. The van der Waals surface area contributed by atoms with Crippen molar-refractivity contribution in [3.05, 3.63) is 102 Å². The lowest BCUT2D eigenvalue weighted by Crippen LogP contribution is -2.42. The minimum Gasteiger partial charge on any atom is -0.208 e. The maximum atomic E-state index is 9.52. The number of benzene rings is 4. The van der Waals surface area contributed by atoms with E-state index in [0.29, 0.717) is 11.4 Å². The first-order valence-electron chi connectivity index (χ1n) is 21.0. The zero-order valence-electron chi connectivity index (χ0n) is 32.8. The zero-order valence-corrected chi connectivity index (χ0v) is 33.6. The summed E-state index contributed by atoms with van der Waals surface area (Å²) in [6.45, 7) is 9.86. The number of nitriles is 1. The summed E-state index contributed by atoms with van der Waals surface area (Å²) in [5.41, 5.74) is 7.31. The van der Waals surface area contributed by atoms with Gasteiger partial charge in [0.25, 0.3) is 0 Å². The van der Waals surface area contributed by atoms with Crippen LogP contribution in [-0.2, 0) is 10.8 Å². The van der Waals surface area contributed by atoms with Gasteiger partial charge >= 0.3 is 0 Å². The standard InChI is InChI=1S/C50H52N4S/c1-30-17-35-18-31(2)24-49(23-30,27-35)40-11-6-37(7-12-40)46-52-47(38-8-13-41(14-9-38)50-25-32(3)19-36(28-50)20-33(4)26-50)54-48(53-46)39-10-16-43-42-15-5-34(29-51)21-44(42)55-45(43)22-39/h5-16,21-22,30-33,35-36H,17-20,23-28H2,1-4H3/t30-,31+,32-,33?,35-,36-,49?,50?/m1/s1. The lowest BCUT2D eigenvalue weighted by Gasteiger charge is -2.50. The first kappa shape index (κ1) is 35.0. The fourth-order valence-corrected chi connectivity index (χ4v) is 14.0. The summed E-state index contributed by atoms with van der Waals surface area (Å²) in [6.07, 6.45) is 13.4. The molecule has 278 valence electrons. The van der Waals surface area contributed by atoms with Crippen molar-refractivity contribution in [1.82, 2.24) is 15.0 Å². The molecule has 4 fully saturated rings. The Morgan fingerprint density at radius 1 is 0.509 bits per heavy atom. The zero-order chi connectivity index (χ0) is 37.5. The minimum absolute atomic E-state index is 0.287. The first-order chi connectivity index (χ1) is 26.6. The second-order valence-corrected chi connectivity index (χ2v) is 20.1. The molecule has 0 spiro atoms. The van der Waals surface area contributed by atoms with E-state index in [2.05, 4.69) is 107 Å². The van der Waals surface area contributed by atoms with Crippen LogP contribution in [0.15, 0.2) is 84.9 Å². The van der Waals surface area contributed by atoms with E-state index in [4.69, 9.17) is 15.0 Å². The number of fused-ring (bicyclic) bond motifs is 7. The van der Waals surface area contributed by atoms with E-state index in [9.17, 15) is 5.26 Å². The van der Waals surface area contributed by atoms with Crippen molar-refractivity contribution in [2.45, 2.75) is 103 Å². The fourth-order valence-electron chi connectivity index (χ4n) is 12.8. The van der Waals surface area contributed by atoms with Crippen LogP contribution in [0, 0.1) is 46.8 Å². The highest BCUT2D eigenvalue weighted by Crippen LogP contribution is 2.55. The van der Waals surface area contributed by atoms with Crippen molar-refractivity contribution in [1.29, 1.82) is 5.26 Å². The van der Waals surface area contributed by atoms with Gasteiger partial charge in [0.2, 0.25) is 0 Å². The van der Waals surface area contributed by atoms with E-state index in [1.54, 1.807) is 11.3 Å². The monoisotopic (exact) mass is 740 g/mol. The quantitative estimate of drug-likeness (QED) is 0.177. The smallest absolute Gasteiger partial charge is 0.164 e. The van der Waals surface area contributed by atoms with Crippen LogP contribution in [0.25, 0.3) is 54.3 Å². The minimum atomic E-state index is 0.287. The molecule has 0 aliphatic heterocycles. The van der Waals surface area contributed by atoms with Gasteiger partial charge in [0.05, 0.1) is 11.6 Å². The fraction of sp³-hybridized carbons (Fsp3) is 0.440. The third kappa shape index (κ3) is 6.30. The maximum Gasteiger partial charge on any atom is 0.164 e. The van der Waals surface area contributed by atoms with Crippen molar-refractivity contribution >= 4 is 31.5 Å². The van der Waals surface area contributed by atoms with Crippen molar-refractivity contribution in [2.24, 2.45) is 35.5 Å². The second kappa shape index (κ2) is 13.4. The SMILES string of the molecule is CC1C[C@H]2C[C@@H](C)CC(c3ccc(-c4nc(-c5ccc(C67C[C@H](C)C[C@H](C[C@H](C)C6)C7)cc5)nc(-c5ccc6c(c5)sc5cc(C#N)ccc56)n4)cc3)(C1)C2. The molecular formula is C50H52N4S. The van der Waals surface area contributed by atoms with E-state index >= 15 is 0 Å². The summed E-state index contributed by atoms with van der Waals surface area (Å²) < 4.78 is 2.29. The molecule has 0 amide bonds. The third-order valence-electron chi connectivity index (χ3n) is 14.3. The summed E-state index contributed by atoms with van der Waals surface area (Å²) in [5.74, 6) is 6.95. The Hall–Kier alpha value is -4.40. The number of nitrogens with zero attached hydrogens (tertiary/aromatic N) is 4. The van der Waals surface area contributed by atoms with E-state index in [1.807, 2.05) is 12.1 Å². The highest BCUT2D eigenvalue weighted by Gasteiger charge is 2.46. The number of rotatable bonds is 5. The Labute approximate surface area is 330 Å². The van der Waals surface area contributed by atoms with E-state index in [-0.39, 0.29) is 10.8 Å². The maximum absolute atomic E-state index is 9.52. The Kier molecular flexibility index (Phi) is 8.52. The molecule has 0 N–H and O–H groups in total. The molecule has 55 heavy (non-hydrogen) atoms. The number of hydrogen-bond donors (Lipinski definition) is 0. The number of aromatic nitrogens is 3. The largest absolute Gasteiger partial charge is 0.208 e. The molecule has 4 saturated carbocycles. The molecule has 0 radical (unpaired) electrons. The van der Waals surface area contributed by atoms with Gasteiger partial charge in [-0.3, -0.25) is 0 Å². The van der Waals surface area contributed by atoms with Crippen LogP contribution < -0.4 is 0 Å². The normalized spacial score (nSPS) is 30.3. The molecule has 4 aromatic carbocycles. The molecule has 0 saturated heterocycles. The molecule has 6 aromatic rings. The lowest BCUT2D eigenvalue weighted by atomic mass is 9.54. The van der Waals surface area contributed by atoms with Gasteiger partial charge in [-0.15, -0.1) is 11.3 Å². The Balaban J connectivity index is 1.05. The second-order valence-electron chi connectivity index (χ2n) is 19.0. The molecule has 8 atom stereocenters. The van der Waals surface area contributed by atoms with Gasteiger partial charge in [0, 0.05) is 36.9 Å². The molecule has 4 bridgehead atoms. The predicted molar refractivity (Wildman–Crippen MR) is 227 cm³/mol. The number of hydrogen-bond acceptors (Lipinski definition) is 5. The van der Waals surface area contributed by atoms with Gasteiger partial charge in [0.15, 0.2) is 17.5 Å². The third-order valence-corrected chi connectivity index (χ3v) is 15.4. The average Bonchev–Trinajstić information content (AvgIpc) is 3.54. The van der Waals surface area contributed by atoms with Gasteiger partial charge in [-0.25, -0.2) is 15.0 Å². The van der Waals surface area contributed by atoms with Crippen LogP contribution in [0.5, 0.6) is 0 Å². The van der Waals surface area contributed by atoms with Crippen LogP contribution in [0.3, 0.4) is 0 Å². The van der Waals surface area contributed by atoms with Gasteiger partial charge in [-0.1, -0.05) is 94.4 Å². The van der Waals surface area contributed by atoms with Gasteiger partial charge in [-0.05, 0) is 140 Å². The van der Waals surface area contributed by atoms with Gasteiger partial charge in [0.1, 0.15) is 0 Å². The first-order valence-corrected chi connectivity index (χ1v) is 21.8. The molecular weight excluding hydrogens is 689 g/mol. The Morgan fingerprint density at radius 2 is 0.909 bits per heavy atom. The van der Waals surface area contributed by atoms with Gasteiger partial charge in [-0.2, -0.15) is 5.26 Å². The van der Waals surface area contributed by atoms with Crippen LogP contribution in [0.1, 0.15) is 109 Å². The van der Waals surface area contributed by atoms with E-state index < -0.39 is 0 Å². The molecule has 5 heteroatoms. The summed E-state index contributed by atoms with van der Waals surface area (Å²) in [5, 5.41) is 11.9. The average molecular weight is 741 g/mol. The van der Waals surface area contributed by atoms with Crippen molar-refractivity contribution in [2.75, 3.05) is 0 Å². The van der Waals surface area contributed by atoms with E-state index in [0.717, 1.165) is 68.5 Å². The van der Waals surface area contributed by atoms with Gasteiger partial charge < -0.3 is 0 Å². The lowest BCUT2D eigenvalue weighted by molar-refractivity contribution is 0.0779. The van der Waals surface area contributed by atoms with Crippen LogP contribution >= 0.6 is 11.3 Å². The molecule has 2 heterocycles. The van der Waals surface area contributed by atoms with Crippen LogP contribution in [-0.4, -0.2) is 15.0 Å². The molecule has 3 unspecified atom stereocenters. The molecule has 10 rings (SSSR count). The van der Waals surface area contributed by atoms with Crippen LogP contribution in [0.2, 0.25) is 0 Å². The summed E-state index contributed by atoms with van der Waals surface area (Å²) in [4.78, 5) is 15.6. The van der Waals surface area contributed by atoms with Crippen molar-refractivity contribution < 1.29 is 0 Å². The summed E-state index contributed by atoms with van der Waals surface area (Å²) >= 11 is 1.72. The molecule has 4 aliphatic carbocycles. The Bertz CT molecular complexity index is 2310. The summed E-state index contributed by atoms with van der Waals surface area (Å²) in [7, 11) is 0. The molecule has 4 nitrogen and oxygen atoms in total.